The van der Waals surface area contributed by atoms with Gasteiger partial charge in [-0.25, -0.2) is 0 Å². The predicted molar refractivity (Wildman–Crippen MR) is 65.1 cm³/mol. The van der Waals surface area contributed by atoms with E-state index < -0.39 is 0 Å². The van der Waals surface area contributed by atoms with Gasteiger partial charge < -0.3 is 5.32 Å². The van der Waals surface area contributed by atoms with Crippen LogP contribution in [-0.4, -0.2) is 11.9 Å². The standard InChI is InChI=1S/C14H17NO/c16-14-11-10-13(15-14)9-5-4-8-12-6-2-1-3-7-12/h1-3,5-7,9,13H,4,8,10-11H2,(H,15,16)/b9-5+. The molecule has 1 unspecified atom stereocenters. The van der Waals surface area contributed by atoms with Gasteiger partial charge in [-0.15, -0.1) is 0 Å². The summed E-state index contributed by atoms with van der Waals surface area (Å²) < 4.78 is 0. The van der Waals surface area contributed by atoms with Gasteiger partial charge in [-0.05, 0) is 24.8 Å². The molecule has 2 heteroatoms. The van der Waals surface area contributed by atoms with Crippen molar-refractivity contribution in [3.8, 4) is 0 Å². The molecule has 1 heterocycles. The Kier molecular flexibility index (Phi) is 3.76. The molecule has 2 nitrogen and oxygen atoms in total. The highest BCUT2D eigenvalue weighted by atomic mass is 16.1. The number of allylic oxidation sites excluding steroid dienone is 1. The Morgan fingerprint density at radius 1 is 1.31 bits per heavy atom. The summed E-state index contributed by atoms with van der Waals surface area (Å²) in [5, 5.41) is 2.93. The molecule has 1 atom stereocenters. The molecule has 16 heavy (non-hydrogen) atoms. The van der Waals surface area contributed by atoms with Crippen LogP contribution in [0.3, 0.4) is 0 Å². The number of carbonyl (C=O) groups excluding carboxylic acids is 1. The van der Waals surface area contributed by atoms with E-state index >= 15 is 0 Å². The van der Waals surface area contributed by atoms with Gasteiger partial charge in [0, 0.05) is 12.5 Å². The van der Waals surface area contributed by atoms with Crippen molar-refractivity contribution in [2.24, 2.45) is 0 Å². The molecule has 1 aromatic carbocycles. The van der Waals surface area contributed by atoms with Gasteiger partial charge in [0.15, 0.2) is 0 Å². The van der Waals surface area contributed by atoms with E-state index in [0.717, 1.165) is 19.3 Å². The van der Waals surface area contributed by atoms with E-state index in [1.54, 1.807) is 0 Å². The van der Waals surface area contributed by atoms with Crippen LogP contribution in [0.25, 0.3) is 0 Å². The molecule has 1 saturated heterocycles. The lowest BCUT2D eigenvalue weighted by atomic mass is 10.1. The zero-order valence-electron chi connectivity index (χ0n) is 9.36. The van der Waals surface area contributed by atoms with Crippen molar-refractivity contribution in [3.63, 3.8) is 0 Å². The molecule has 0 saturated carbocycles. The van der Waals surface area contributed by atoms with E-state index in [0.29, 0.717) is 6.42 Å². The van der Waals surface area contributed by atoms with E-state index in [-0.39, 0.29) is 11.9 Å². The normalized spacial score (nSPS) is 20.2. The predicted octanol–water partition coefficient (Wildman–Crippen LogP) is 2.45. The number of amides is 1. The molecule has 0 bridgehead atoms. The van der Waals surface area contributed by atoms with Crippen molar-refractivity contribution in [1.82, 2.24) is 5.32 Å². The van der Waals surface area contributed by atoms with Gasteiger partial charge in [0.05, 0.1) is 0 Å². The second-order valence-electron chi connectivity index (χ2n) is 4.17. The molecule has 84 valence electrons. The summed E-state index contributed by atoms with van der Waals surface area (Å²) in [6.45, 7) is 0. The first-order valence-electron chi connectivity index (χ1n) is 5.84. The average molecular weight is 215 g/mol. The van der Waals surface area contributed by atoms with Crippen LogP contribution >= 0.6 is 0 Å². The number of benzene rings is 1. The Labute approximate surface area is 96.4 Å². The Morgan fingerprint density at radius 3 is 2.81 bits per heavy atom. The van der Waals surface area contributed by atoms with Crippen molar-refractivity contribution in [2.45, 2.75) is 31.7 Å². The summed E-state index contributed by atoms with van der Waals surface area (Å²) in [4.78, 5) is 11.0. The third-order valence-electron chi connectivity index (χ3n) is 2.84. The van der Waals surface area contributed by atoms with Crippen molar-refractivity contribution in [1.29, 1.82) is 0 Å². The maximum Gasteiger partial charge on any atom is 0.220 e. The van der Waals surface area contributed by atoms with E-state index in [2.05, 4.69) is 41.7 Å². The number of nitrogens with one attached hydrogen (secondary N) is 1. The highest BCUT2D eigenvalue weighted by molar-refractivity contribution is 5.78. The van der Waals surface area contributed by atoms with E-state index in [1.807, 2.05) is 6.07 Å². The van der Waals surface area contributed by atoms with Crippen molar-refractivity contribution in [3.05, 3.63) is 48.0 Å². The molecule has 1 N–H and O–H groups in total. The van der Waals surface area contributed by atoms with Gasteiger partial charge in [0.1, 0.15) is 0 Å². The molecule has 1 aliphatic heterocycles. The van der Waals surface area contributed by atoms with Crippen LogP contribution in [0.5, 0.6) is 0 Å². The van der Waals surface area contributed by atoms with Gasteiger partial charge in [0.25, 0.3) is 0 Å². The summed E-state index contributed by atoms with van der Waals surface area (Å²) in [6, 6.07) is 10.7. The van der Waals surface area contributed by atoms with Crippen LogP contribution in [0.15, 0.2) is 42.5 Å². The molecular weight excluding hydrogens is 198 g/mol. The van der Waals surface area contributed by atoms with Gasteiger partial charge in [-0.1, -0.05) is 42.5 Å². The maximum atomic E-state index is 11.0. The lowest BCUT2D eigenvalue weighted by Gasteiger charge is -2.02. The zero-order valence-corrected chi connectivity index (χ0v) is 9.36. The molecule has 0 spiro atoms. The van der Waals surface area contributed by atoms with Gasteiger partial charge in [-0.2, -0.15) is 0 Å². The van der Waals surface area contributed by atoms with Gasteiger partial charge in [0.2, 0.25) is 5.91 Å². The lowest BCUT2D eigenvalue weighted by molar-refractivity contribution is -0.119. The Hall–Kier alpha value is -1.57. The molecule has 1 aromatic rings. The number of rotatable bonds is 4. The molecule has 0 aliphatic carbocycles. The largest absolute Gasteiger partial charge is 0.350 e. The van der Waals surface area contributed by atoms with Crippen LogP contribution in [0.4, 0.5) is 0 Å². The van der Waals surface area contributed by atoms with Crippen LogP contribution in [0.2, 0.25) is 0 Å². The summed E-state index contributed by atoms with van der Waals surface area (Å²) >= 11 is 0. The summed E-state index contributed by atoms with van der Waals surface area (Å²) in [6.07, 6.45) is 8.01. The number of hydrogen-bond donors (Lipinski definition) is 1. The molecular formula is C14H17NO. The fraction of sp³-hybridized carbons (Fsp3) is 0.357. The fourth-order valence-corrected chi connectivity index (χ4v) is 1.94. The minimum Gasteiger partial charge on any atom is -0.350 e. The van der Waals surface area contributed by atoms with Crippen LogP contribution in [0.1, 0.15) is 24.8 Å². The molecule has 0 aromatic heterocycles. The third kappa shape index (κ3) is 3.23. The minimum atomic E-state index is 0.178. The average Bonchev–Trinajstić information content (AvgIpc) is 2.72. The van der Waals surface area contributed by atoms with E-state index in [9.17, 15) is 4.79 Å². The number of hydrogen-bond acceptors (Lipinski definition) is 1. The van der Waals surface area contributed by atoms with Gasteiger partial charge in [-0.3, -0.25) is 4.79 Å². The van der Waals surface area contributed by atoms with Crippen LogP contribution in [0, 0.1) is 0 Å². The second-order valence-corrected chi connectivity index (χ2v) is 4.17. The zero-order chi connectivity index (χ0) is 11.2. The smallest absolute Gasteiger partial charge is 0.220 e. The summed E-state index contributed by atoms with van der Waals surface area (Å²) in [5.74, 6) is 0.178. The van der Waals surface area contributed by atoms with Crippen LogP contribution in [-0.2, 0) is 11.2 Å². The highest BCUT2D eigenvalue weighted by Crippen LogP contribution is 2.09. The number of aryl methyl sites for hydroxylation is 1. The molecule has 0 radical (unpaired) electrons. The lowest BCUT2D eigenvalue weighted by Crippen LogP contribution is -2.22. The first-order chi connectivity index (χ1) is 7.84. The minimum absolute atomic E-state index is 0.178. The molecule has 1 aliphatic rings. The Bertz CT molecular complexity index is 370. The monoisotopic (exact) mass is 215 g/mol. The Morgan fingerprint density at radius 2 is 2.12 bits per heavy atom. The van der Waals surface area contributed by atoms with Crippen molar-refractivity contribution >= 4 is 5.91 Å². The molecule has 2 rings (SSSR count). The van der Waals surface area contributed by atoms with Crippen molar-refractivity contribution in [2.75, 3.05) is 0 Å². The Balaban J connectivity index is 1.72. The number of carbonyl (C=O) groups is 1. The van der Waals surface area contributed by atoms with Crippen LogP contribution < -0.4 is 5.32 Å². The third-order valence-corrected chi connectivity index (χ3v) is 2.84. The first kappa shape index (κ1) is 10.9. The van der Waals surface area contributed by atoms with Crippen molar-refractivity contribution < 1.29 is 4.79 Å². The summed E-state index contributed by atoms with van der Waals surface area (Å²) in [7, 11) is 0. The molecule has 1 amide bonds. The highest BCUT2D eigenvalue weighted by Gasteiger charge is 2.17. The second kappa shape index (κ2) is 5.50. The summed E-state index contributed by atoms with van der Waals surface area (Å²) in [5.41, 5.74) is 1.36. The topological polar surface area (TPSA) is 29.1 Å². The SMILES string of the molecule is O=C1CCC(/C=C/CCc2ccccc2)N1. The van der Waals surface area contributed by atoms with E-state index in [4.69, 9.17) is 0 Å². The molecule has 1 fully saturated rings. The first-order valence-corrected chi connectivity index (χ1v) is 5.84. The van der Waals surface area contributed by atoms with E-state index in [1.165, 1.54) is 5.56 Å². The quantitative estimate of drug-likeness (QED) is 0.768. The van der Waals surface area contributed by atoms with Gasteiger partial charge >= 0.3 is 0 Å². The fourth-order valence-electron chi connectivity index (χ4n) is 1.94. The maximum absolute atomic E-state index is 11.0.